The van der Waals surface area contributed by atoms with Gasteiger partial charge in [-0.05, 0) is 61.6 Å². The minimum absolute atomic E-state index is 0.110. The summed E-state index contributed by atoms with van der Waals surface area (Å²) < 4.78 is 17.1. The lowest BCUT2D eigenvalue weighted by Gasteiger charge is -2.36. The highest BCUT2D eigenvalue weighted by Crippen LogP contribution is 2.45. The average Bonchev–Trinajstić information content (AvgIpc) is 3.60. The third-order valence-electron chi connectivity index (χ3n) is 6.37. The van der Waals surface area contributed by atoms with Crippen molar-refractivity contribution in [3.63, 3.8) is 0 Å². The molecule has 1 aromatic heterocycles. The average molecular weight is 558 g/mol. The van der Waals surface area contributed by atoms with Crippen LogP contribution in [0, 0.1) is 0 Å². The lowest BCUT2D eigenvalue weighted by Crippen LogP contribution is -2.38. The molecule has 0 saturated heterocycles. The molecule has 3 aromatic rings. The summed E-state index contributed by atoms with van der Waals surface area (Å²) in [5.74, 6) is 0.745. The molecule has 1 atom stereocenters. The predicted molar refractivity (Wildman–Crippen MR) is 154 cm³/mol. The van der Waals surface area contributed by atoms with E-state index in [1.165, 1.54) is 11.8 Å². The van der Waals surface area contributed by atoms with E-state index in [2.05, 4.69) is 5.32 Å². The molecular formula is C31H31N3O5S. The maximum atomic E-state index is 13.4. The molecule has 0 aliphatic carbocycles. The number of nitrogens with one attached hydrogen (secondary N) is 1. The molecule has 1 amide bonds. The number of nitrogens with zero attached hydrogens (tertiary/aromatic N) is 2. The highest BCUT2D eigenvalue weighted by atomic mass is 32.2. The number of esters is 1. The normalized spacial score (nSPS) is 16.4. The third kappa shape index (κ3) is 6.31. The molecule has 0 radical (unpaired) electrons. The second-order valence-electron chi connectivity index (χ2n) is 9.73. The van der Waals surface area contributed by atoms with E-state index in [1.807, 2.05) is 91.7 Å². The number of carbonyl (C=O) groups is 2. The van der Waals surface area contributed by atoms with E-state index >= 15 is 0 Å². The van der Waals surface area contributed by atoms with Crippen molar-refractivity contribution in [2.75, 3.05) is 0 Å². The quantitative estimate of drug-likeness (QED) is 0.302. The van der Waals surface area contributed by atoms with Crippen LogP contribution in [0.2, 0.25) is 0 Å². The van der Waals surface area contributed by atoms with E-state index in [-0.39, 0.29) is 18.4 Å². The zero-order valence-corrected chi connectivity index (χ0v) is 23.4. The van der Waals surface area contributed by atoms with Gasteiger partial charge in [0.05, 0.1) is 42.6 Å². The number of carbonyl (C=O) groups excluding carboxylic acids is 2. The Labute approximate surface area is 237 Å². The van der Waals surface area contributed by atoms with Gasteiger partial charge in [-0.25, -0.2) is 9.79 Å². The summed E-state index contributed by atoms with van der Waals surface area (Å²) in [6.45, 7) is 6.16. The number of benzene rings is 2. The van der Waals surface area contributed by atoms with E-state index in [4.69, 9.17) is 18.9 Å². The number of hydrogen-bond donors (Lipinski definition) is 1. The largest absolute Gasteiger partial charge is 0.489 e. The van der Waals surface area contributed by atoms with Crippen molar-refractivity contribution in [1.82, 2.24) is 10.2 Å². The summed E-state index contributed by atoms with van der Waals surface area (Å²) in [4.78, 5) is 33.0. The third-order valence-corrected chi connectivity index (χ3v) is 7.26. The summed E-state index contributed by atoms with van der Waals surface area (Å²) in [7, 11) is 0. The molecule has 2 aliphatic rings. The highest BCUT2D eigenvalue weighted by Gasteiger charge is 2.41. The lowest BCUT2D eigenvalue weighted by atomic mass is 9.93. The SMILES string of the molecule is CC1=C(C(=O)OC(C)C)C(c2cccc(OCc3ccccc3)c2)N2C(CC(=O)NCc3ccco3)=CSC2=N1. The summed E-state index contributed by atoms with van der Waals surface area (Å²) in [6, 6.07) is 20.7. The molecule has 2 aromatic carbocycles. The van der Waals surface area contributed by atoms with Gasteiger partial charge in [-0.3, -0.25) is 4.79 Å². The number of thioether (sulfide) groups is 1. The van der Waals surface area contributed by atoms with Gasteiger partial charge in [0.15, 0.2) is 5.17 Å². The van der Waals surface area contributed by atoms with Gasteiger partial charge < -0.3 is 24.1 Å². The summed E-state index contributed by atoms with van der Waals surface area (Å²) >= 11 is 1.43. The van der Waals surface area contributed by atoms with Crippen molar-refractivity contribution >= 4 is 28.8 Å². The number of rotatable bonds is 10. The van der Waals surface area contributed by atoms with Gasteiger partial charge in [0.1, 0.15) is 18.1 Å². The van der Waals surface area contributed by atoms with Crippen LogP contribution < -0.4 is 10.1 Å². The second kappa shape index (κ2) is 12.3. The van der Waals surface area contributed by atoms with Gasteiger partial charge in [-0.2, -0.15) is 0 Å². The van der Waals surface area contributed by atoms with Crippen molar-refractivity contribution < 1.29 is 23.5 Å². The molecular weight excluding hydrogens is 526 g/mol. The van der Waals surface area contributed by atoms with Crippen molar-refractivity contribution in [2.24, 2.45) is 4.99 Å². The van der Waals surface area contributed by atoms with Crippen LogP contribution in [0.25, 0.3) is 0 Å². The number of amides is 1. The molecule has 0 spiro atoms. The molecule has 5 rings (SSSR count). The maximum Gasteiger partial charge on any atom is 0.338 e. The van der Waals surface area contributed by atoms with Gasteiger partial charge >= 0.3 is 5.97 Å². The molecule has 206 valence electrons. The molecule has 1 unspecified atom stereocenters. The van der Waals surface area contributed by atoms with Crippen LogP contribution >= 0.6 is 11.8 Å². The van der Waals surface area contributed by atoms with E-state index in [0.717, 1.165) is 16.8 Å². The molecule has 8 nitrogen and oxygen atoms in total. The summed E-state index contributed by atoms with van der Waals surface area (Å²) in [5.41, 5.74) is 3.64. The number of aliphatic imine (C=N–C) groups is 1. The van der Waals surface area contributed by atoms with Gasteiger partial charge in [0, 0.05) is 5.70 Å². The Morgan fingerprint density at radius 1 is 1.10 bits per heavy atom. The number of hydrogen-bond acceptors (Lipinski definition) is 8. The van der Waals surface area contributed by atoms with Crippen molar-refractivity contribution in [3.05, 3.63) is 112 Å². The van der Waals surface area contributed by atoms with Crippen LogP contribution in [0.1, 0.15) is 50.1 Å². The Balaban J connectivity index is 1.43. The van der Waals surface area contributed by atoms with Crippen molar-refractivity contribution in [2.45, 2.75) is 52.5 Å². The monoisotopic (exact) mass is 557 g/mol. The van der Waals surface area contributed by atoms with Gasteiger partial charge in [0.25, 0.3) is 0 Å². The lowest BCUT2D eigenvalue weighted by molar-refractivity contribution is -0.143. The number of fused-ring (bicyclic) bond motifs is 1. The number of allylic oxidation sites excluding steroid dienone is 1. The second-order valence-corrected chi connectivity index (χ2v) is 10.6. The maximum absolute atomic E-state index is 13.4. The Kier molecular flexibility index (Phi) is 8.40. The van der Waals surface area contributed by atoms with Crippen molar-refractivity contribution in [1.29, 1.82) is 0 Å². The van der Waals surface area contributed by atoms with Crippen LogP contribution in [0.4, 0.5) is 0 Å². The molecule has 0 bridgehead atoms. The van der Waals surface area contributed by atoms with Gasteiger partial charge in [-0.15, -0.1) is 0 Å². The van der Waals surface area contributed by atoms with Crippen LogP contribution in [0.3, 0.4) is 0 Å². The summed E-state index contributed by atoms with van der Waals surface area (Å²) in [6.07, 6.45) is 1.39. The van der Waals surface area contributed by atoms with Crippen LogP contribution in [0.15, 0.2) is 105 Å². The molecule has 9 heteroatoms. The minimum Gasteiger partial charge on any atom is -0.489 e. The fourth-order valence-electron chi connectivity index (χ4n) is 4.56. The topological polar surface area (TPSA) is 93.4 Å². The first-order valence-electron chi connectivity index (χ1n) is 13.1. The number of ether oxygens (including phenoxy) is 2. The first-order chi connectivity index (χ1) is 19.4. The Bertz CT molecular complexity index is 1460. The number of amidine groups is 1. The fourth-order valence-corrected chi connectivity index (χ4v) is 5.53. The first kappa shape index (κ1) is 27.3. The Morgan fingerprint density at radius 2 is 1.93 bits per heavy atom. The smallest absolute Gasteiger partial charge is 0.338 e. The fraction of sp³-hybridized carbons (Fsp3) is 0.258. The minimum atomic E-state index is -0.543. The van der Waals surface area contributed by atoms with Crippen LogP contribution in [-0.4, -0.2) is 28.0 Å². The van der Waals surface area contributed by atoms with Gasteiger partial charge in [-0.1, -0.05) is 54.2 Å². The molecule has 0 fully saturated rings. The number of furan rings is 1. The van der Waals surface area contributed by atoms with Gasteiger partial charge in [0.2, 0.25) is 5.91 Å². The van der Waals surface area contributed by atoms with E-state index in [9.17, 15) is 9.59 Å². The molecule has 0 saturated carbocycles. The Morgan fingerprint density at radius 3 is 2.67 bits per heavy atom. The highest BCUT2D eigenvalue weighted by molar-refractivity contribution is 8.16. The van der Waals surface area contributed by atoms with Crippen LogP contribution in [0.5, 0.6) is 5.75 Å². The zero-order chi connectivity index (χ0) is 28.1. The van der Waals surface area contributed by atoms with E-state index in [1.54, 1.807) is 12.3 Å². The van der Waals surface area contributed by atoms with Crippen LogP contribution in [-0.2, 0) is 27.5 Å². The first-order valence-corrected chi connectivity index (χ1v) is 14.0. The predicted octanol–water partition coefficient (Wildman–Crippen LogP) is 6.09. The van der Waals surface area contributed by atoms with E-state index in [0.29, 0.717) is 41.1 Å². The van der Waals surface area contributed by atoms with Crippen molar-refractivity contribution in [3.8, 4) is 5.75 Å². The standard InChI is InChI=1S/C31H31N3O5S/c1-20(2)39-30(36)28-21(3)33-31-34(24(19-40-31)16-27(35)32-17-26-13-8-14-37-26)29(28)23-11-7-12-25(15-23)38-18-22-9-5-4-6-10-22/h4-15,19-20,29H,16-18H2,1-3H3,(H,32,35). The zero-order valence-electron chi connectivity index (χ0n) is 22.6. The molecule has 2 aliphatic heterocycles. The van der Waals surface area contributed by atoms with E-state index < -0.39 is 12.0 Å². The molecule has 3 heterocycles. The Hall–Kier alpha value is -4.24. The summed E-state index contributed by atoms with van der Waals surface area (Å²) in [5, 5.41) is 5.52. The molecule has 1 N–H and O–H groups in total. The molecule has 40 heavy (non-hydrogen) atoms.